The SMILES string of the molecule is CCCNC(=O)CCNC(=O)c1cccc(N)c1OCC. The molecule has 4 N–H and O–H groups in total. The fraction of sp³-hybridized carbons (Fsp3) is 0.467. The molecule has 0 unspecified atom stereocenters. The van der Waals surface area contributed by atoms with Crippen LogP contribution in [0.4, 0.5) is 5.69 Å². The Balaban J connectivity index is 2.56. The molecule has 0 atom stereocenters. The van der Waals surface area contributed by atoms with E-state index in [9.17, 15) is 9.59 Å². The molecular formula is C15H23N3O3. The molecule has 1 aromatic rings. The van der Waals surface area contributed by atoms with Gasteiger partial charge in [-0.05, 0) is 25.5 Å². The van der Waals surface area contributed by atoms with Crippen LogP contribution in [0.15, 0.2) is 18.2 Å². The van der Waals surface area contributed by atoms with E-state index in [2.05, 4.69) is 10.6 Å². The summed E-state index contributed by atoms with van der Waals surface area (Å²) >= 11 is 0. The highest BCUT2D eigenvalue weighted by Gasteiger charge is 2.14. The van der Waals surface area contributed by atoms with Gasteiger partial charge in [-0.1, -0.05) is 13.0 Å². The van der Waals surface area contributed by atoms with Crippen molar-refractivity contribution in [2.75, 3.05) is 25.4 Å². The van der Waals surface area contributed by atoms with E-state index < -0.39 is 0 Å². The topological polar surface area (TPSA) is 93.5 Å². The number of nitrogens with two attached hydrogens (primary N) is 1. The van der Waals surface area contributed by atoms with Gasteiger partial charge in [-0.15, -0.1) is 0 Å². The molecule has 6 heteroatoms. The van der Waals surface area contributed by atoms with Gasteiger partial charge < -0.3 is 21.1 Å². The van der Waals surface area contributed by atoms with Gasteiger partial charge in [0.1, 0.15) is 0 Å². The van der Waals surface area contributed by atoms with E-state index in [0.717, 1.165) is 6.42 Å². The molecule has 0 saturated carbocycles. The molecule has 116 valence electrons. The van der Waals surface area contributed by atoms with Crippen molar-refractivity contribution in [1.29, 1.82) is 0 Å². The Morgan fingerprint density at radius 3 is 2.62 bits per heavy atom. The molecule has 0 aromatic heterocycles. The fourth-order valence-corrected chi connectivity index (χ4v) is 1.78. The second kappa shape index (κ2) is 8.84. The van der Waals surface area contributed by atoms with E-state index in [-0.39, 0.29) is 24.8 Å². The molecule has 0 aliphatic heterocycles. The van der Waals surface area contributed by atoms with Crippen LogP contribution < -0.4 is 21.1 Å². The number of nitrogens with one attached hydrogen (secondary N) is 2. The molecule has 0 aliphatic carbocycles. The molecule has 21 heavy (non-hydrogen) atoms. The average molecular weight is 293 g/mol. The Morgan fingerprint density at radius 2 is 1.95 bits per heavy atom. The summed E-state index contributed by atoms with van der Waals surface area (Å²) in [5.74, 6) is 0.0109. The summed E-state index contributed by atoms with van der Waals surface area (Å²) < 4.78 is 5.40. The third-order valence-electron chi connectivity index (χ3n) is 2.79. The van der Waals surface area contributed by atoms with Gasteiger partial charge >= 0.3 is 0 Å². The molecule has 1 rings (SSSR count). The van der Waals surface area contributed by atoms with E-state index in [1.165, 1.54) is 0 Å². The van der Waals surface area contributed by atoms with Crippen molar-refractivity contribution >= 4 is 17.5 Å². The van der Waals surface area contributed by atoms with E-state index in [4.69, 9.17) is 10.5 Å². The van der Waals surface area contributed by atoms with Gasteiger partial charge in [-0.2, -0.15) is 0 Å². The van der Waals surface area contributed by atoms with Crippen LogP contribution in [-0.4, -0.2) is 31.5 Å². The zero-order valence-electron chi connectivity index (χ0n) is 12.6. The largest absolute Gasteiger partial charge is 0.491 e. The number of nitrogen functional groups attached to an aromatic ring is 1. The van der Waals surface area contributed by atoms with Crippen molar-refractivity contribution in [3.8, 4) is 5.75 Å². The standard InChI is InChI=1S/C15H23N3O3/c1-3-9-17-13(19)8-10-18-15(20)11-6-5-7-12(16)14(11)21-4-2/h5-7H,3-4,8-10,16H2,1-2H3,(H,17,19)(H,18,20). The van der Waals surface area contributed by atoms with Crippen LogP contribution in [0.5, 0.6) is 5.75 Å². The molecule has 2 amide bonds. The number of hydrogen-bond acceptors (Lipinski definition) is 4. The Morgan fingerprint density at radius 1 is 1.19 bits per heavy atom. The maximum Gasteiger partial charge on any atom is 0.255 e. The number of carbonyl (C=O) groups excluding carboxylic acids is 2. The Labute approximate surface area is 125 Å². The Hall–Kier alpha value is -2.24. The van der Waals surface area contributed by atoms with E-state index in [1.54, 1.807) is 18.2 Å². The van der Waals surface area contributed by atoms with Crippen molar-refractivity contribution in [3.63, 3.8) is 0 Å². The first-order valence-electron chi connectivity index (χ1n) is 7.16. The first kappa shape index (κ1) is 16.8. The molecule has 6 nitrogen and oxygen atoms in total. The van der Waals surface area contributed by atoms with Crippen LogP contribution >= 0.6 is 0 Å². The summed E-state index contributed by atoms with van der Waals surface area (Å²) in [6.45, 7) is 5.16. The molecule has 0 fully saturated rings. The van der Waals surface area contributed by atoms with Crippen LogP contribution in [0.3, 0.4) is 0 Å². The van der Waals surface area contributed by atoms with Gasteiger partial charge in [-0.3, -0.25) is 9.59 Å². The van der Waals surface area contributed by atoms with Gasteiger partial charge in [0.2, 0.25) is 5.91 Å². The zero-order chi connectivity index (χ0) is 15.7. The van der Waals surface area contributed by atoms with Gasteiger partial charge in [-0.25, -0.2) is 0 Å². The lowest BCUT2D eigenvalue weighted by molar-refractivity contribution is -0.120. The van der Waals surface area contributed by atoms with E-state index in [1.807, 2.05) is 13.8 Å². The monoisotopic (exact) mass is 293 g/mol. The molecule has 1 aromatic carbocycles. The number of amides is 2. The Kier molecular flexibility index (Phi) is 7.08. The van der Waals surface area contributed by atoms with Crippen LogP contribution in [0.2, 0.25) is 0 Å². The van der Waals surface area contributed by atoms with Crippen molar-refractivity contribution < 1.29 is 14.3 Å². The smallest absolute Gasteiger partial charge is 0.255 e. The number of carbonyl (C=O) groups is 2. The summed E-state index contributed by atoms with van der Waals surface area (Å²) in [6, 6.07) is 5.02. The minimum atomic E-state index is -0.297. The van der Waals surface area contributed by atoms with Crippen LogP contribution in [0.1, 0.15) is 37.0 Å². The molecule has 0 radical (unpaired) electrons. The fourth-order valence-electron chi connectivity index (χ4n) is 1.78. The summed E-state index contributed by atoms with van der Waals surface area (Å²) in [6.07, 6.45) is 1.14. The van der Waals surface area contributed by atoms with Gasteiger partial charge in [0, 0.05) is 19.5 Å². The normalized spacial score (nSPS) is 10.0. The van der Waals surface area contributed by atoms with Gasteiger partial charge in [0.05, 0.1) is 17.9 Å². The van der Waals surface area contributed by atoms with Gasteiger partial charge in [0.25, 0.3) is 5.91 Å². The third-order valence-corrected chi connectivity index (χ3v) is 2.79. The van der Waals surface area contributed by atoms with E-state index in [0.29, 0.717) is 30.2 Å². The molecule has 0 aliphatic rings. The number of rotatable bonds is 8. The second-order valence-electron chi connectivity index (χ2n) is 4.51. The second-order valence-corrected chi connectivity index (χ2v) is 4.51. The molecule has 0 spiro atoms. The molecule has 0 heterocycles. The highest BCUT2D eigenvalue weighted by molar-refractivity contribution is 5.98. The lowest BCUT2D eigenvalue weighted by Crippen LogP contribution is -2.31. The zero-order valence-corrected chi connectivity index (χ0v) is 12.6. The van der Waals surface area contributed by atoms with Crippen molar-refractivity contribution in [2.45, 2.75) is 26.7 Å². The van der Waals surface area contributed by atoms with Crippen molar-refractivity contribution in [3.05, 3.63) is 23.8 Å². The lowest BCUT2D eigenvalue weighted by atomic mass is 10.1. The maximum atomic E-state index is 12.1. The molecule has 0 saturated heterocycles. The summed E-state index contributed by atoms with van der Waals surface area (Å²) in [5, 5.41) is 5.45. The van der Waals surface area contributed by atoms with Crippen molar-refractivity contribution in [2.24, 2.45) is 0 Å². The predicted octanol–water partition coefficient (Wildman–Crippen LogP) is 1.31. The highest BCUT2D eigenvalue weighted by Crippen LogP contribution is 2.26. The van der Waals surface area contributed by atoms with E-state index >= 15 is 0 Å². The van der Waals surface area contributed by atoms with Crippen molar-refractivity contribution in [1.82, 2.24) is 10.6 Å². The maximum absolute atomic E-state index is 12.1. The van der Waals surface area contributed by atoms with Crippen LogP contribution in [0.25, 0.3) is 0 Å². The number of para-hydroxylation sites is 1. The Bertz CT molecular complexity index is 489. The van der Waals surface area contributed by atoms with Crippen LogP contribution in [0, 0.1) is 0 Å². The summed E-state index contributed by atoms with van der Waals surface area (Å²) in [7, 11) is 0. The first-order chi connectivity index (χ1) is 10.1. The molecular weight excluding hydrogens is 270 g/mol. The first-order valence-corrected chi connectivity index (χ1v) is 7.16. The van der Waals surface area contributed by atoms with Crippen LogP contribution in [-0.2, 0) is 4.79 Å². The van der Waals surface area contributed by atoms with Gasteiger partial charge in [0.15, 0.2) is 5.75 Å². The minimum absolute atomic E-state index is 0.0743. The molecule has 0 bridgehead atoms. The summed E-state index contributed by atoms with van der Waals surface area (Å²) in [5.41, 5.74) is 6.61. The average Bonchev–Trinajstić information content (AvgIpc) is 2.47. The minimum Gasteiger partial charge on any atom is -0.491 e. The number of ether oxygens (including phenoxy) is 1. The highest BCUT2D eigenvalue weighted by atomic mass is 16.5. The third kappa shape index (κ3) is 5.33. The number of benzene rings is 1. The number of hydrogen-bond donors (Lipinski definition) is 3. The lowest BCUT2D eigenvalue weighted by Gasteiger charge is -2.12. The summed E-state index contributed by atoms with van der Waals surface area (Å²) in [4.78, 5) is 23.5. The predicted molar refractivity (Wildman–Crippen MR) is 82.3 cm³/mol. The number of anilines is 1. The quantitative estimate of drug-likeness (QED) is 0.630.